The van der Waals surface area contributed by atoms with Crippen LogP contribution >= 0.6 is 23.2 Å². The fraction of sp³-hybridized carbons (Fsp3) is 0.158. The fourth-order valence-corrected chi connectivity index (χ4v) is 2.88. The summed E-state index contributed by atoms with van der Waals surface area (Å²) >= 11 is 12.0. The molecule has 0 unspecified atom stereocenters. The van der Waals surface area contributed by atoms with Gasteiger partial charge in [-0.3, -0.25) is 14.9 Å². The number of nitrogens with zero attached hydrogens (tertiary/aromatic N) is 2. The number of hydrogen-bond acceptors (Lipinski definition) is 4. The summed E-state index contributed by atoms with van der Waals surface area (Å²) < 4.78 is 0. The van der Waals surface area contributed by atoms with Crippen LogP contribution in [0, 0.1) is 6.92 Å². The lowest BCUT2D eigenvalue weighted by Gasteiger charge is -2.09. The van der Waals surface area contributed by atoms with Crippen LogP contribution in [0.2, 0.25) is 10.0 Å². The molecule has 2 aromatic carbocycles. The Labute approximate surface area is 177 Å². The van der Waals surface area contributed by atoms with Gasteiger partial charge in [-0.05, 0) is 31.2 Å². The third-order valence-corrected chi connectivity index (χ3v) is 4.79. The zero-order valence-corrected chi connectivity index (χ0v) is 16.9. The predicted octanol–water partition coefficient (Wildman–Crippen LogP) is 2.91. The van der Waals surface area contributed by atoms with Crippen molar-refractivity contribution in [1.82, 2.24) is 5.32 Å². The minimum atomic E-state index is -0.918. The summed E-state index contributed by atoms with van der Waals surface area (Å²) in [4.78, 5) is 32.5. The molecule has 0 radical (unpaired) electrons. The second kappa shape index (κ2) is 8.93. The molecule has 3 rings (SSSR count). The van der Waals surface area contributed by atoms with E-state index in [0.29, 0.717) is 10.7 Å². The van der Waals surface area contributed by atoms with Crippen LogP contribution in [0.1, 0.15) is 12.0 Å². The third-order valence-electron chi connectivity index (χ3n) is 3.97. The van der Waals surface area contributed by atoms with Crippen molar-refractivity contribution < 1.29 is 9.59 Å². The van der Waals surface area contributed by atoms with Crippen LogP contribution in [0.15, 0.2) is 52.4 Å². The number of nitrogens with two attached hydrogens (primary N) is 1. The Morgan fingerprint density at radius 3 is 2.66 bits per heavy atom. The highest BCUT2D eigenvalue weighted by atomic mass is 35.5. The highest BCUT2D eigenvalue weighted by Crippen LogP contribution is 2.29. The van der Waals surface area contributed by atoms with Crippen LogP contribution in [-0.4, -0.2) is 29.8 Å². The van der Waals surface area contributed by atoms with Crippen molar-refractivity contribution >= 4 is 58.3 Å². The maximum Gasteiger partial charge on any atom is 0.252 e. The molecule has 2 aromatic rings. The quantitative estimate of drug-likeness (QED) is 0.438. The molecule has 0 saturated carbocycles. The minimum absolute atomic E-state index is 0.0331. The summed E-state index contributed by atoms with van der Waals surface area (Å²) in [5.74, 6) is -0.789. The Hall–Kier alpha value is -3.10. The smallest absolute Gasteiger partial charge is 0.252 e. The molecule has 1 heterocycles. The van der Waals surface area contributed by atoms with Crippen molar-refractivity contribution in [3.05, 3.63) is 58.1 Å². The number of guanidine groups is 2. The van der Waals surface area contributed by atoms with E-state index < -0.39 is 17.9 Å². The van der Waals surface area contributed by atoms with Gasteiger partial charge in [0.2, 0.25) is 17.8 Å². The average Bonchev–Trinajstić information content (AvgIpc) is 2.99. The zero-order valence-electron chi connectivity index (χ0n) is 15.4. The maximum atomic E-state index is 12.2. The van der Waals surface area contributed by atoms with Crippen molar-refractivity contribution in [1.29, 1.82) is 0 Å². The summed E-state index contributed by atoms with van der Waals surface area (Å²) in [7, 11) is 0. The SMILES string of the molecule is Cc1ccc(NC(N)=NC2=N[C@@H](CC(=O)Nc3cccc(Cl)c3Cl)C(=O)N2)cc1. The molecular formula is C19H18Cl2N6O2. The van der Waals surface area contributed by atoms with Crippen LogP contribution < -0.4 is 21.7 Å². The van der Waals surface area contributed by atoms with Crippen molar-refractivity contribution in [2.75, 3.05) is 10.6 Å². The summed E-state index contributed by atoms with van der Waals surface area (Å²) in [5, 5.41) is 8.55. The monoisotopic (exact) mass is 432 g/mol. The Balaban J connectivity index is 1.62. The molecule has 5 N–H and O–H groups in total. The Bertz CT molecular complexity index is 1000. The highest BCUT2D eigenvalue weighted by molar-refractivity contribution is 6.44. The molecule has 0 bridgehead atoms. The van der Waals surface area contributed by atoms with Crippen LogP contribution in [0.4, 0.5) is 11.4 Å². The van der Waals surface area contributed by atoms with Gasteiger partial charge in [0.1, 0.15) is 6.04 Å². The molecule has 1 aliphatic heterocycles. The molecule has 8 nitrogen and oxygen atoms in total. The van der Waals surface area contributed by atoms with Gasteiger partial charge in [-0.2, -0.15) is 4.99 Å². The Morgan fingerprint density at radius 2 is 1.93 bits per heavy atom. The average molecular weight is 433 g/mol. The molecule has 1 atom stereocenters. The van der Waals surface area contributed by atoms with Crippen LogP contribution in [-0.2, 0) is 9.59 Å². The Morgan fingerprint density at radius 1 is 1.21 bits per heavy atom. The van der Waals surface area contributed by atoms with E-state index in [1.54, 1.807) is 18.2 Å². The first-order valence-corrected chi connectivity index (χ1v) is 9.38. The number of rotatable bonds is 4. The lowest BCUT2D eigenvalue weighted by molar-refractivity contribution is -0.123. The second-order valence-electron chi connectivity index (χ2n) is 6.30. The molecule has 1 aliphatic rings. The van der Waals surface area contributed by atoms with Gasteiger partial charge in [-0.25, -0.2) is 4.99 Å². The van der Waals surface area contributed by atoms with Crippen molar-refractivity contribution in [2.45, 2.75) is 19.4 Å². The molecule has 0 spiro atoms. The first-order chi connectivity index (χ1) is 13.8. The standard InChI is InChI=1S/C19H18Cl2N6O2/c1-10-5-7-11(8-6-10)23-18(22)27-19-25-14(17(29)26-19)9-15(28)24-13-4-2-3-12(20)16(13)21/h2-8,14H,9H2,1H3,(H,24,28)(H4,22,23,25,26,27,29)/t14-/m0/s1. The summed E-state index contributed by atoms with van der Waals surface area (Å²) in [5.41, 5.74) is 8.06. The number of amides is 2. The molecule has 0 aromatic heterocycles. The number of anilines is 2. The summed E-state index contributed by atoms with van der Waals surface area (Å²) in [6.45, 7) is 1.97. The molecule has 2 amide bonds. The number of halogens is 2. The normalized spacial score (nSPS) is 16.2. The lowest BCUT2D eigenvalue weighted by atomic mass is 10.2. The highest BCUT2D eigenvalue weighted by Gasteiger charge is 2.29. The maximum absolute atomic E-state index is 12.2. The predicted molar refractivity (Wildman–Crippen MR) is 115 cm³/mol. The fourth-order valence-electron chi connectivity index (χ4n) is 2.53. The first-order valence-electron chi connectivity index (χ1n) is 8.62. The minimum Gasteiger partial charge on any atom is -0.369 e. The molecule has 150 valence electrons. The van der Waals surface area contributed by atoms with Gasteiger partial charge in [-0.15, -0.1) is 0 Å². The van der Waals surface area contributed by atoms with E-state index in [0.717, 1.165) is 11.3 Å². The van der Waals surface area contributed by atoms with Crippen molar-refractivity contribution in [3.8, 4) is 0 Å². The van der Waals surface area contributed by atoms with E-state index in [9.17, 15) is 9.59 Å². The van der Waals surface area contributed by atoms with Gasteiger partial charge < -0.3 is 16.4 Å². The Kier molecular flexibility index (Phi) is 6.36. The van der Waals surface area contributed by atoms with E-state index in [1.165, 1.54) is 0 Å². The number of carbonyl (C=O) groups excluding carboxylic acids is 2. The van der Waals surface area contributed by atoms with Crippen molar-refractivity contribution in [2.24, 2.45) is 15.7 Å². The van der Waals surface area contributed by atoms with Gasteiger partial charge >= 0.3 is 0 Å². The van der Waals surface area contributed by atoms with E-state index in [4.69, 9.17) is 28.9 Å². The van der Waals surface area contributed by atoms with Gasteiger partial charge in [0, 0.05) is 5.69 Å². The van der Waals surface area contributed by atoms with Gasteiger partial charge in [0.15, 0.2) is 0 Å². The third kappa shape index (κ3) is 5.46. The number of aryl methyl sites for hydroxylation is 1. The number of aliphatic imine (C=N–C) groups is 2. The van der Waals surface area contributed by atoms with E-state index in [1.807, 2.05) is 31.2 Å². The van der Waals surface area contributed by atoms with E-state index in [-0.39, 0.29) is 23.4 Å². The van der Waals surface area contributed by atoms with Gasteiger partial charge in [-0.1, -0.05) is 47.0 Å². The van der Waals surface area contributed by atoms with Crippen LogP contribution in [0.3, 0.4) is 0 Å². The number of carbonyl (C=O) groups is 2. The van der Waals surface area contributed by atoms with E-state index >= 15 is 0 Å². The molecule has 0 fully saturated rings. The largest absolute Gasteiger partial charge is 0.369 e. The number of hydrogen-bond donors (Lipinski definition) is 4. The molecular weight excluding hydrogens is 415 g/mol. The van der Waals surface area contributed by atoms with Gasteiger partial charge in [0.25, 0.3) is 5.91 Å². The number of nitrogens with one attached hydrogen (secondary N) is 3. The summed E-state index contributed by atoms with van der Waals surface area (Å²) in [6, 6.07) is 11.5. The lowest BCUT2D eigenvalue weighted by Crippen LogP contribution is -2.32. The zero-order chi connectivity index (χ0) is 21.0. The van der Waals surface area contributed by atoms with Crippen molar-refractivity contribution in [3.63, 3.8) is 0 Å². The van der Waals surface area contributed by atoms with Crippen LogP contribution in [0.5, 0.6) is 0 Å². The number of benzene rings is 2. The molecule has 10 heteroatoms. The topological polar surface area (TPSA) is 121 Å². The molecule has 0 aliphatic carbocycles. The molecule has 0 saturated heterocycles. The first kappa shape index (κ1) is 20.6. The second-order valence-corrected chi connectivity index (χ2v) is 7.08. The molecule has 29 heavy (non-hydrogen) atoms. The van der Waals surface area contributed by atoms with Gasteiger partial charge in [0.05, 0.1) is 22.2 Å². The van der Waals surface area contributed by atoms with E-state index in [2.05, 4.69) is 25.9 Å². The van der Waals surface area contributed by atoms with Crippen LogP contribution in [0.25, 0.3) is 0 Å². The summed E-state index contributed by atoms with van der Waals surface area (Å²) in [6.07, 6.45) is -0.182.